The molecule has 0 fully saturated rings. The molecule has 0 radical (unpaired) electrons. The molecular weight excluding hydrogens is 234 g/mol. The molecule has 1 aromatic rings. The summed E-state index contributed by atoms with van der Waals surface area (Å²) in [4.78, 5) is 4.34. The Balaban J connectivity index is 2.53. The van der Waals surface area contributed by atoms with Crippen molar-refractivity contribution in [3.05, 3.63) is 12.4 Å². The van der Waals surface area contributed by atoms with Crippen LogP contribution in [0.5, 0.6) is 0 Å². The molecule has 0 aromatic carbocycles. The number of methoxy groups -OCH3 is 1. The van der Waals surface area contributed by atoms with E-state index in [4.69, 9.17) is 4.74 Å². The van der Waals surface area contributed by atoms with Gasteiger partial charge >= 0.3 is 0 Å². The molecule has 1 aromatic heterocycles. The van der Waals surface area contributed by atoms with Crippen molar-refractivity contribution in [3.8, 4) is 0 Å². The fourth-order valence-electron chi connectivity index (χ4n) is 1.78. The second-order valence-corrected chi connectivity index (χ2v) is 5.38. The zero-order valence-electron chi connectivity index (χ0n) is 11.1. The Kier molecular flexibility index (Phi) is 6.44. The van der Waals surface area contributed by atoms with E-state index in [-0.39, 0.29) is 6.04 Å². The van der Waals surface area contributed by atoms with E-state index < -0.39 is 0 Å². The van der Waals surface area contributed by atoms with E-state index >= 15 is 0 Å². The largest absolute Gasteiger partial charge is 0.383 e. The highest BCUT2D eigenvalue weighted by atomic mass is 32.2. The quantitative estimate of drug-likeness (QED) is 0.776. The van der Waals surface area contributed by atoms with E-state index in [2.05, 4.69) is 35.0 Å². The van der Waals surface area contributed by atoms with Gasteiger partial charge in [-0.15, -0.1) is 0 Å². The average Bonchev–Trinajstić information content (AvgIpc) is 2.66. The summed E-state index contributed by atoms with van der Waals surface area (Å²) in [6, 6.07) is 0.275. The molecule has 4 nitrogen and oxygen atoms in total. The first-order valence-electron chi connectivity index (χ1n) is 5.93. The van der Waals surface area contributed by atoms with Gasteiger partial charge in [-0.3, -0.25) is 0 Å². The van der Waals surface area contributed by atoms with Crippen molar-refractivity contribution in [1.82, 2.24) is 9.55 Å². The van der Waals surface area contributed by atoms with Crippen LogP contribution in [0, 0.1) is 5.92 Å². The number of nitrogens with one attached hydrogen (secondary N) is 1. The zero-order valence-corrected chi connectivity index (χ0v) is 12.0. The van der Waals surface area contributed by atoms with Crippen molar-refractivity contribution >= 4 is 17.7 Å². The molecule has 2 unspecified atom stereocenters. The van der Waals surface area contributed by atoms with Crippen LogP contribution in [0.2, 0.25) is 0 Å². The highest BCUT2D eigenvalue weighted by Gasteiger charge is 2.09. The topological polar surface area (TPSA) is 39.1 Å². The van der Waals surface area contributed by atoms with Gasteiger partial charge in [0.2, 0.25) is 5.95 Å². The van der Waals surface area contributed by atoms with Crippen molar-refractivity contribution < 1.29 is 4.74 Å². The van der Waals surface area contributed by atoms with Gasteiger partial charge in [0.15, 0.2) is 0 Å². The second kappa shape index (κ2) is 7.61. The third kappa shape index (κ3) is 5.00. The maximum absolute atomic E-state index is 5.11. The molecule has 2 atom stereocenters. The van der Waals surface area contributed by atoms with Crippen LogP contribution in [0.15, 0.2) is 12.4 Å². The van der Waals surface area contributed by atoms with Gasteiger partial charge in [-0.25, -0.2) is 4.98 Å². The van der Waals surface area contributed by atoms with Gasteiger partial charge < -0.3 is 14.6 Å². The van der Waals surface area contributed by atoms with E-state index in [1.165, 1.54) is 5.75 Å². The normalized spacial score (nSPS) is 14.6. The summed E-state index contributed by atoms with van der Waals surface area (Å²) >= 11 is 1.89. The van der Waals surface area contributed by atoms with Crippen LogP contribution in [0.1, 0.15) is 13.8 Å². The van der Waals surface area contributed by atoms with Gasteiger partial charge in [0, 0.05) is 32.1 Å². The molecule has 0 aliphatic carbocycles. The first-order chi connectivity index (χ1) is 8.17. The summed E-state index contributed by atoms with van der Waals surface area (Å²) in [5.74, 6) is 2.76. The third-order valence-corrected chi connectivity index (χ3v) is 3.37. The minimum absolute atomic E-state index is 0.275. The smallest absolute Gasteiger partial charge is 0.203 e. The molecule has 5 heteroatoms. The summed E-state index contributed by atoms with van der Waals surface area (Å²) in [5.41, 5.74) is 0. The molecule has 1 rings (SSSR count). The number of imidazole rings is 1. The minimum Gasteiger partial charge on any atom is -0.383 e. The highest BCUT2D eigenvalue weighted by Crippen LogP contribution is 2.12. The Morgan fingerprint density at radius 2 is 2.29 bits per heavy atom. The Bertz CT molecular complexity index is 288. The van der Waals surface area contributed by atoms with Crippen LogP contribution in [0.3, 0.4) is 0 Å². The fraction of sp³-hybridized carbons (Fsp3) is 0.750. The number of thioether (sulfide) groups is 1. The predicted molar refractivity (Wildman–Crippen MR) is 74.7 cm³/mol. The number of hydrogen-bond acceptors (Lipinski definition) is 4. The molecule has 0 aliphatic rings. The Labute approximate surface area is 108 Å². The van der Waals surface area contributed by atoms with E-state index in [1.54, 1.807) is 7.11 Å². The van der Waals surface area contributed by atoms with Crippen LogP contribution in [0.25, 0.3) is 0 Å². The molecule has 17 heavy (non-hydrogen) atoms. The monoisotopic (exact) mass is 257 g/mol. The molecular formula is C12H23N3OS. The SMILES string of the molecule is COCC(C)Nc1nccn1CC(C)CSC. The molecule has 0 saturated carbocycles. The fourth-order valence-corrected chi connectivity index (χ4v) is 2.46. The summed E-state index contributed by atoms with van der Waals surface area (Å²) in [6.45, 7) is 6.04. The Morgan fingerprint density at radius 3 is 2.94 bits per heavy atom. The van der Waals surface area contributed by atoms with E-state index in [0.717, 1.165) is 12.5 Å². The summed E-state index contributed by atoms with van der Waals surface area (Å²) in [5, 5.41) is 3.36. The van der Waals surface area contributed by atoms with Crippen molar-refractivity contribution in [3.63, 3.8) is 0 Å². The van der Waals surface area contributed by atoms with Crippen LogP contribution in [-0.2, 0) is 11.3 Å². The predicted octanol–water partition coefficient (Wildman–Crippen LogP) is 2.33. The number of hydrogen-bond donors (Lipinski definition) is 1. The summed E-state index contributed by atoms with van der Waals surface area (Å²) in [6.07, 6.45) is 6.01. The molecule has 1 heterocycles. The Morgan fingerprint density at radius 1 is 1.53 bits per heavy atom. The molecule has 0 amide bonds. The van der Waals surface area contributed by atoms with Crippen molar-refractivity contribution in [2.75, 3.05) is 31.0 Å². The Hall–Kier alpha value is -0.680. The lowest BCUT2D eigenvalue weighted by molar-refractivity contribution is 0.190. The van der Waals surface area contributed by atoms with Crippen LogP contribution in [0.4, 0.5) is 5.95 Å². The summed E-state index contributed by atoms with van der Waals surface area (Å²) in [7, 11) is 1.71. The maximum atomic E-state index is 5.11. The summed E-state index contributed by atoms with van der Waals surface area (Å²) < 4.78 is 7.28. The highest BCUT2D eigenvalue weighted by molar-refractivity contribution is 7.98. The second-order valence-electron chi connectivity index (χ2n) is 4.46. The van der Waals surface area contributed by atoms with E-state index in [9.17, 15) is 0 Å². The van der Waals surface area contributed by atoms with Gasteiger partial charge in [-0.1, -0.05) is 6.92 Å². The molecule has 98 valence electrons. The zero-order chi connectivity index (χ0) is 12.7. The van der Waals surface area contributed by atoms with Gasteiger partial charge in [0.25, 0.3) is 0 Å². The molecule has 1 N–H and O–H groups in total. The van der Waals surface area contributed by atoms with Gasteiger partial charge in [-0.05, 0) is 24.9 Å². The first-order valence-corrected chi connectivity index (χ1v) is 7.32. The number of ether oxygens (including phenoxy) is 1. The van der Waals surface area contributed by atoms with Crippen molar-refractivity contribution in [2.45, 2.75) is 26.4 Å². The lowest BCUT2D eigenvalue weighted by Crippen LogP contribution is -2.24. The first kappa shape index (κ1) is 14.4. The number of nitrogens with zero attached hydrogens (tertiary/aromatic N) is 2. The number of rotatable bonds is 8. The van der Waals surface area contributed by atoms with Gasteiger partial charge in [0.05, 0.1) is 6.61 Å². The molecule has 0 spiro atoms. The third-order valence-electron chi connectivity index (χ3n) is 2.47. The van der Waals surface area contributed by atoms with Gasteiger partial charge in [-0.2, -0.15) is 11.8 Å². The number of aromatic nitrogens is 2. The van der Waals surface area contributed by atoms with Crippen LogP contribution < -0.4 is 5.32 Å². The lowest BCUT2D eigenvalue weighted by atomic mass is 10.2. The van der Waals surface area contributed by atoms with Crippen molar-refractivity contribution in [2.24, 2.45) is 5.92 Å². The van der Waals surface area contributed by atoms with E-state index in [1.807, 2.05) is 24.2 Å². The maximum Gasteiger partial charge on any atom is 0.203 e. The van der Waals surface area contributed by atoms with E-state index in [0.29, 0.717) is 12.5 Å². The lowest BCUT2D eigenvalue weighted by Gasteiger charge is -2.17. The molecule has 0 bridgehead atoms. The van der Waals surface area contributed by atoms with Gasteiger partial charge in [0.1, 0.15) is 0 Å². The van der Waals surface area contributed by atoms with Crippen LogP contribution in [-0.4, -0.2) is 41.3 Å². The average molecular weight is 257 g/mol. The molecule has 0 aliphatic heterocycles. The van der Waals surface area contributed by atoms with Crippen LogP contribution >= 0.6 is 11.8 Å². The molecule has 0 saturated heterocycles. The minimum atomic E-state index is 0.275. The number of anilines is 1. The van der Waals surface area contributed by atoms with Crippen molar-refractivity contribution in [1.29, 1.82) is 0 Å². The standard InChI is InChI=1S/C12H23N3OS/c1-10(9-17-4)7-15-6-5-13-12(15)14-11(2)8-16-3/h5-6,10-11H,7-9H2,1-4H3,(H,13,14).